The van der Waals surface area contributed by atoms with E-state index in [0.717, 1.165) is 25.0 Å². The maximum Gasteiger partial charge on any atom is 0.0628 e. The Morgan fingerprint density at radius 1 is 1.58 bits per heavy atom. The number of aliphatic hydroxyl groups is 1. The van der Waals surface area contributed by atoms with Crippen molar-refractivity contribution in [3.8, 4) is 0 Å². The zero-order chi connectivity index (χ0) is 8.97. The summed E-state index contributed by atoms with van der Waals surface area (Å²) in [6.45, 7) is 2.37. The van der Waals surface area contributed by atoms with Crippen LogP contribution in [0, 0.1) is 0 Å². The monoisotopic (exact) mass is 168 g/mol. The molecule has 1 aromatic rings. The minimum atomic E-state index is 0.248. The zero-order valence-corrected chi connectivity index (χ0v) is 7.75. The van der Waals surface area contributed by atoms with Gasteiger partial charge in [0.25, 0.3) is 0 Å². The van der Waals surface area contributed by atoms with Gasteiger partial charge in [0.2, 0.25) is 0 Å². The van der Waals surface area contributed by atoms with Crippen molar-refractivity contribution < 1.29 is 5.11 Å². The van der Waals surface area contributed by atoms with Gasteiger partial charge in [-0.3, -0.25) is 4.68 Å². The van der Waals surface area contributed by atoms with E-state index in [1.807, 2.05) is 11.7 Å². The van der Waals surface area contributed by atoms with Gasteiger partial charge in [-0.25, -0.2) is 0 Å². The molecule has 0 fully saturated rings. The Morgan fingerprint density at radius 2 is 2.33 bits per heavy atom. The molecule has 1 N–H and O–H groups in total. The van der Waals surface area contributed by atoms with Crippen LogP contribution in [-0.2, 0) is 19.9 Å². The highest BCUT2D eigenvalue weighted by molar-refractivity contribution is 5.10. The molecule has 0 aliphatic heterocycles. The van der Waals surface area contributed by atoms with E-state index in [0.29, 0.717) is 0 Å². The molecule has 0 aromatic carbocycles. The maximum atomic E-state index is 8.63. The molecule has 0 radical (unpaired) electrons. The molecule has 1 rings (SSSR count). The van der Waals surface area contributed by atoms with E-state index in [-0.39, 0.29) is 6.61 Å². The van der Waals surface area contributed by atoms with Crippen molar-refractivity contribution >= 4 is 0 Å². The molecule has 0 bridgehead atoms. The van der Waals surface area contributed by atoms with Crippen LogP contribution >= 0.6 is 0 Å². The van der Waals surface area contributed by atoms with E-state index in [1.165, 1.54) is 5.69 Å². The lowest BCUT2D eigenvalue weighted by Crippen LogP contribution is -1.96. The van der Waals surface area contributed by atoms with Gasteiger partial charge in [0.15, 0.2) is 0 Å². The second kappa shape index (κ2) is 4.26. The van der Waals surface area contributed by atoms with Gasteiger partial charge in [-0.15, -0.1) is 0 Å². The third-order valence-electron chi connectivity index (χ3n) is 1.98. The van der Waals surface area contributed by atoms with Crippen LogP contribution < -0.4 is 0 Å². The Balaban J connectivity index is 2.62. The molecule has 1 heterocycles. The largest absolute Gasteiger partial charge is 0.396 e. The molecule has 0 aliphatic carbocycles. The fourth-order valence-corrected chi connectivity index (χ4v) is 1.28. The Labute approximate surface area is 73.0 Å². The van der Waals surface area contributed by atoms with E-state index >= 15 is 0 Å². The van der Waals surface area contributed by atoms with Crippen LogP contribution in [0.25, 0.3) is 0 Å². The SMILES string of the molecule is CCc1cc(CCCO)nn1C. The number of aliphatic hydroxyl groups excluding tert-OH is 1. The minimum Gasteiger partial charge on any atom is -0.396 e. The van der Waals surface area contributed by atoms with Crippen LogP contribution in [-0.4, -0.2) is 21.5 Å². The molecule has 3 nitrogen and oxygen atoms in total. The van der Waals surface area contributed by atoms with Gasteiger partial charge >= 0.3 is 0 Å². The summed E-state index contributed by atoms with van der Waals surface area (Å²) in [6, 6.07) is 2.11. The fourth-order valence-electron chi connectivity index (χ4n) is 1.28. The summed E-state index contributed by atoms with van der Waals surface area (Å²) in [5.74, 6) is 0. The van der Waals surface area contributed by atoms with Crippen LogP contribution in [0.15, 0.2) is 6.07 Å². The molecule has 0 unspecified atom stereocenters. The van der Waals surface area contributed by atoms with Gasteiger partial charge in [0, 0.05) is 19.3 Å². The molecule has 0 aliphatic rings. The molecular formula is C9H16N2O. The first kappa shape index (κ1) is 9.26. The van der Waals surface area contributed by atoms with Crippen LogP contribution in [0.5, 0.6) is 0 Å². The summed E-state index contributed by atoms with van der Waals surface area (Å²) in [6.07, 6.45) is 2.70. The van der Waals surface area contributed by atoms with E-state index < -0.39 is 0 Å². The first-order valence-corrected chi connectivity index (χ1v) is 4.40. The van der Waals surface area contributed by atoms with Gasteiger partial charge in [-0.1, -0.05) is 6.92 Å². The van der Waals surface area contributed by atoms with Crippen LogP contribution in [0.4, 0.5) is 0 Å². The van der Waals surface area contributed by atoms with Crippen LogP contribution in [0.1, 0.15) is 24.7 Å². The van der Waals surface area contributed by atoms with E-state index in [2.05, 4.69) is 18.1 Å². The van der Waals surface area contributed by atoms with Gasteiger partial charge in [0.05, 0.1) is 5.69 Å². The number of nitrogens with zero attached hydrogens (tertiary/aromatic N) is 2. The van der Waals surface area contributed by atoms with Gasteiger partial charge in [-0.2, -0.15) is 5.10 Å². The van der Waals surface area contributed by atoms with Crippen molar-refractivity contribution in [2.75, 3.05) is 6.61 Å². The van der Waals surface area contributed by atoms with Gasteiger partial charge in [0.1, 0.15) is 0 Å². The first-order chi connectivity index (χ1) is 5.77. The third-order valence-corrected chi connectivity index (χ3v) is 1.98. The second-order valence-corrected chi connectivity index (χ2v) is 2.93. The maximum absolute atomic E-state index is 8.63. The fraction of sp³-hybridized carbons (Fsp3) is 0.667. The Morgan fingerprint density at radius 3 is 2.83 bits per heavy atom. The topological polar surface area (TPSA) is 38.1 Å². The molecule has 0 amide bonds. The Hall–Kier alpha value is -0.830. The third kappa shape index (κ3) is 2.08. The lowest BCUT2D eigenvalue weighted by molar-refractivity contribution is 0.288. The molecular weight excluding hydrogens is 152 g/mol. The number of hydrogen-bond acceptors (Lipinski definition) is 2. The highest BCUT2D eigenvalue weighted by Crippen LogP contribution is 2.05. The normalized spacial score (nSPS) is 10.6. The number of aromatic nitrogens is 2. The molecule has 0 saturated carbocycles. The number of rotatable bonds is 4. The van der Waals surface area contributed by atoms with Gasteiger partial charge in [-0.05, 0) is 25.3 Å². The van der Waals surface area contributed by atoms with Crippen LogP contribution in [0.2, 0.25) is 0 Å². The van der Waals surface area contributed by atoms with E-state index in [9.17, 15) is 0 Å². The summed E-state index contributed by atoms with van der Waals surface area (Å²) < 4.78 is 1.91. The van der Waals surface area contributed by atoms with Crippen molar-refractivity contribution in [1.29, 1.82) is 0 Å². The van der Waals surface area contributed by atoms with Crippen molar-refractivity contribution in [2.45, 2.75) is 26.2 Å². The molecule has 0 saturated heterocycles. The molecule has 0 atom stereocenters. The average molecular weight is 168 g/mol. The number of aryl methyl sites for hydroxylation is 3. The van der Waals surface area contributed by atoms with Crippen LogP contribution in [0.3, 0.4) is 0 Å². The molecule has 3 heteroatoms. The van der Waals surface area contributed by atoms with Crippen molar-refractivity contribution in [2.24, 2.45) is 7.05 Å². The predicted molar refractivity (Wildman–Crippen MR) is 48.0 cm³/mol. The Kier molecular flexibility index (Phi) is 3.29. The van der Waals surface area contributed by atoms with E-state index in [1.54, 1.807) is 0 Å². The smallest absolute Gasteiger partial charge is 0.0628 e. The average Bonchev–Trinajstić information content (AvgIpc) is 2.43. The molecule has 1 aromatic heterocycles. The molecule has 68 valence electrons. The predicted octanol–water partition coefficient (Wildman–Crippen LogP) is 0.907. The van der Waals surface area contributed by atoms with E-state index in [4.69, 9.17) is 5.11 Å². The lowest BCUT2D eigenvalue weighted by atomic mass is 10.2. The summed E-state index contributed by atoms with van der Waals surface area (Å²) in [4.78, 5) is 0. The molecule has 0 spiro atoms. The summed E-state index contributed by atoms with van der Waals surface area (Å²) in [5.41, 5.74) is 2.34. The standard InChI is InChI=1S/C9H16N2O/c1-3-9-7-8(5-4-6-12)10-11(9)2/h7,12H,3-6H2,1-2H3. The summed E-state index contributed by atoms with van der Waals surface area (Å²) in [5, 5.41) is 13.0. The summed E-state index contributed by atoms with van der Waals surface area (Å²) in [7, 11) is 1.96. The Bertz CT molecular complexity index is 243. The second-order valence-electron chi connectivity index (χ2n) is 2.93. The zero-order valence-electron chi connectivity index (χ0n) is 7.75. The highest BCUT2D eigenvalue weighted by atomic mass is 16.2. The lowest BCUT2D eigenvalue weighted by Gasteiger charge is -1.93. The van der Waals surface area contributed by atoms with Crippen molar-refractivity contribution in [1.82, 2.24) is 9.78 Å². The summed E-state index contributed by atoms with van der Waals surface area (Å²) >= 11 is 0. The van der Waals surface area contributed by atoms with Crippen molar-refractivity contribution in [3.63, 3.8) is 0 Å². The molecule has 12 heavy (non-hydrogen) atoms. The minimum absolute atomic E-state index is 0.248. The quantitative estimate of drug-likeness (QED) is 0.725. The van der Waals surface area contributed by atoms with Crippen molar-refractivity contribution in [3.05, 3.63) is 17.5 Å². The van der Waals surface area contributed by atoms with Gasteiger partial charge < -0.3 is 5.11 Å². The highest BCUT2D eigenvalue weighted by Gasteiger charge is 2.01. The number of hydrogen-bond donors (Lipinski definition) is 1. The first-order valence-electron chi connectivity index (χ1n) is 4.40.